The van der Waals surface area contributed by atoms with Gasteiger partial charge < -0.3 is 19.7 Å². The number of likely N-dealkylation sites (N-methyl/N-ethyl adjacent to an activating group) is 1. The molecule has 0 aliphatic heterocycles. The van der Waals surface area contributed by atoms with Gasteiger partial charge in [0.15, 0.2) is 6.61 Å². The van der Waals surface area contributed by atoms with Crippen molar-refractivity contribution in [2.75, 3.05) is 20.8 Å². The zero-order chi connectivity index (χ0) is 19.8. The molecular formula is C20H23ClN2O4. The minimum absolute atomic E-state index is 0.203. The number of carbonyl (C=O) groups is 2. The Morgan fingerprint density at radius 1 is 1.15 bits per heavy atom. The normalized spacial score (nSPS) is 11.4. The van der Waals surface area contributed by atoms with E-state index in [4.69, 9.17) is 21.1 Å². The highest BCUT2D eigenvalue weighted by molar-refractivity contribution is 6.30. The van der Waals surface area contributed by atoms with E-state index < -0.39 is 6.04 Å². The van der Waals surface area contributed by atoms with Crippen LogP contribution < -0.4 is 14.8 Å². The Morgan fingerprint density at radius 3 is 2.52 bits per heavy atom. The average molecular weight is 391 g/mol. The second-order valence-electron chi connectivity index (χ2n) is 5.91. The third-order valence-corrected chi connectivity index (χ3v) is 4.29. The smallest absolute Gasteiger partial charge is 0.261 e. The molecule has 0 heterocycles. The summed E-state index contributed by atoms with van der Waals surface area (Å²) in [5.41, 5.74) is 0.848. The molecule has 0 aliphatic carbocycles. The molecule has 0 saturated heterocycles. The van der Waals surface area contributed by atoms with Crippen LogP contribution in [0.4, 0.5) is 0 Å². The molecule has 0 saturated carbocycles. The predicted molar refractivity (Wildman–Crippen MR) is 104 cm³/mol. The average Bonchev–Trinajstić information content (AvgIpc) is 2.69. The summed E-state index contributed by atoms with van der Waals surface area (Å²) in [6.45, 7) is 1.73. The van der Waals surface area contributed by atoms with E-state index in [0.29, 0.717) is 16.5 Å². The summed E-state index contributed by atoms with van der Waals surface area (Å²) in [6.07, 6.45) is 0. The molecule has 0 bridgehead atoms. The van der Waals surface area contributed by atoms with Crippen LogP contribution in [-0.2, 0) is 16.1 Å². The maximum atomic E-state index is 12.8. The third kappa shape index (κ3) is 5.89. The summed E-state index contributed by atoms with van der Waals surface area (Å²) in [7, 11) is 3.11. The van der Waals surface area contributed by atoms with E-state index in [1.165, 1.54) is 11.9 Å². The van der Waals surface area contributed by atoms with E-state index in [1.807, 2.05) is 24.3 Å². The minimum Gasteiger partial charge on any atom is -0.497 e. The lowest BCUT2D eigenvalue weighted by Crippen LogP contribution is -2.48. The number of amides is 2. The highest BCUT2D eigenvalue weighted by Crippen LogP contribution is 2.19. The van der Waals surface area contributed by atoms with Gasteiger partial charge in [-0.3, -0.25) is 9.59 Å². The van der Waals surface area contributed by atoms with E-state index in [-0.39, 0.29) is 25.0 Å². The van der Waals surface area contributed by atoms with E-state index >= 15 is 0 Å². The Labute approximate surface area is 164 Å². The van der Waals surface area contributed by atoms with Crippen LogP contribution in [0.15, 0.2) is 48.5 Å². The molecule has 2 amide bonds. The van der Waals surface area contributed by atoms with Crippen LogP contribution in [0.2, 0.25) is 5.02 Å². The lowest BCUT2D eigenvalue weighted by atomic mass is 10.1. The molecule has 0 aromatic heterocycles. The van der Waals surface area contributed by atoms with Gasteiger partial charge in [0, 0.05) is 18.6 Å². The molecule has 0 aliphatic rings. The summed E-state index contributed by atoms with van der Waals surface area (Å²) in [5, 5.41) is 3.09. The van der Waals surface area contributed by atoms with Gasteiger partial charge in [0.25, 0.3) is 5.91 Å². The third-order valence-electron chi connectivity index (χ3n) is 4.06. The van der Waals surface area contributed by atoms with Gasteiger partial charge >= 0.3 is 0 Å². The van der Waals surface area contributed by atoms with Gasteiger partial charge in [-0.25, -0.2) is 0 Å². The number of hydrogen-bond donors (Lipinski definition) is 1. The fourth-order valence-electron chi connectivity index (χ4n) is 2.54. The number of nitrogens with one attached hydrogen (secondary N) is 1. The van der Waals surface area contributed by atoms with Crippen molar-refractivity contribution in [2.24, 2.45) is 0 Å². The number of hydrogen-bond acceptors (Lipinski definition) is 4. The number of ether oxygens (including phenoxy) is 2. The Morgan fingerprint density at radius 2 is 1.85 bits per heavy atom. The van der Waals surface area contributed by atoms with Gasteiger partial charge in [-0.05, 0) is 42.8 Å². The van der Waals surface area contributed by atoms with Gasteiger partial charge in [-0.15, -0.1) is 0 Å². The fraction of sp³-hybridized carbons (Fsp3) is 0.300. The molecule has 27 heavy (non-hydrogen) atoms. The van der Waals surface area contributed by atoms with Crippen molar-refractivity contribution in [1.29, 1.82) is 0 Å². The molecule has 2 rings (SSSR count). The topological polar surface area (TPSA) is 67.9 Å². The van der Waals surface area contributed by atoms with E-state index in [9.17, 15) is 9.59 Å². The summed E-state index contributed by atoms with van der Waals surface area (Å²) in [6, 6.07) is 13.5. The largest absolute Gasteiger partial charge is 0.497 e. The lowest BCUT2D eigenvalue weighted by molar-refractivity contribution is -0.142. The zero-order valence-electron chi connectivity index (χ0n) is 15.6. The summed E-state index contributed by atoms with van der Waals surface area (Å²) in [4.78, 5) is 26.4. The molecule has 0 radical (unpaired) electrons. The Hall–Kier alpha value is -2.73. The second kappa shape index (κ2) is 9.83. The van der Waals surface area contributed by atoms with Crippen LogP contribution >= 0.6 is 11.6 Å². The molecule has 144 valence electrons. The minimum atomic E-state index is -0.656. The molecule has 0 fully saturated rings. The van der Waals surface area contributed by atoms with Gasteiger partial charge in [-0.2, -0.15) is 0 Å². The van der Waals surface area contributed by atoms with Crippen LogP contribution in [0.1, 0.15) is 12.5 Å². The number of methoxy groups -OCH3 is 1. The first-order valence-electron chi connectivity index (χ1n) is 8.47. The maximum absolute atomic E-state index is 12.8. The van der Waals surface area contributed by atoms with Crippen LogP contribution in [0, 0.1) is 0 Å². The van der Waals surface area contributed by atoms with Crippen LogP contribution in [0.3, 0.4) is 0 Å². The van der Waals surface area contributed by atoms with Crippen LogP contribution in [0.25, 0.3) is 0 Å². The number of nitrogens with zero attached hydrogens (tertiary/aromatic N) is 1. The monoisotopic (exact) mass is 390 g/mol. The molecule has 1 N–H and O–H groups in total. The number of halogens is 1. The molecule has 1 atom stereocenters. The van der Waals surface area contributed by atoms with Crippen molar-refractivity contribution in [2.45, 2.75) is 19.5 Å². The maximum Gasteiger partial charge on any atom is 0.261 e. The zero-order valence-corrected chi connectivity index (χ0v) is 16.3. The SMILES string of the molecule is CNC(=O)C(C)N(Cc1cccc(OC)c1)C(=O)COc1cccc(Cl)c1. The summed E-state index contributed by atoms with van der Waals surface area (Å²) < 4.78 is 10.8. The van der Waals surface area contributed by atoms with Crippen LogP contribution in [-0.4, -0.2) is 43.5 Å². The van der Waals surface area contributed by atoms with Gasteiger partial charge in [0.1, 0.15) is 17.5 Å². The molecule has 1 unspecified atom stereocenters. The standard InChI is InChI=1S/C20H23ClN2O4/c1-14(20(25)22-2)23(12-15-6-4-8-17(10-15)26-3)19(24)13-27-18-9-5-7-16(21)11-18/h4-11,14H,12-13H2,1-3H3,(H,22,25). The van der Waals surface area contributed by atoms with Gasteiger partial charge in [0.05, 0.1) is 7.11 Å². The molecular weight excluding hydrogens is 368 g/mol. The Kier molecular flexibility index (Phi) is 7.49. The predicted octanol–water partition coefficient (Wildman–Crippen LogP) is 2.89. The first kappa shape index (κ1) is 20.6. The first-order valence-corrected chi connectivity index (χ1v) is 8.84. The Balaban J connectivity index is 2.15. The van der Waals surface area contributed by atoms with Crippen molar-refractivity contribution in [3.8, 4) is 11.5 Å². The van der Waals surface area contributed by atoms with Crippen molar-refractivity contribution in [3.63, 3.8) is 0 Å². The second-order valence-corrected chi connectivity index (χ2v) is 6.35. The highest BCUT2D eigenvalue weighted by atomic mass is 35.5. The van der Waals surface area contributed by atoms with E-state index in [2.05, 4.69) is 5.32 Å². The van der Waals surface area contributed by atoms with Crippen molar-refractivity contribution >= 4 is 23.4 Å². The Bertz CT molecular complexity index is 797. The molecule has 2 aromatic carbocycles. The molecule has 6 nitrogen and oxygen atoms in total. The molecule has 7 heteroatoms. The van der Waals surface area contributed by atoms with E-state index in [0.717, 1.165) is 5.56 Å². The fourth-order valence-corrected chi connectivity index (χ4v) is 2.72. The number of rotatable bonds is 8. The summed E-state index contributed by atoms with van der Waals surface area (Å²) in [5.74, 6) is 0.607. The molecule has 0 spiro atoms. The number of benzene rings is 2. The van der Waals surface area contributed by atoms with E-state index in [1.54, 1.807) is 38.3 Å². The van der Waals surface area contributed by atoms with Gasteiger partial charge in [0.2, 0.25) is 5.91 Å². The first-order chi connectivity index (χ1) is 12.9. The van der Waals surface area contributed by atoms with Crippen molar-refractivity contribution < 1.29 is 19.1 Å². The summed E-state index contributed by atoms with van der Waals surface area (Å²) >= 11 is 5.93. The number of carbonyl (C=O) groups excluding carboxylic acids is 2. The van der Waals surface area contributed by atoms with Crippen molar-refractivity contribution in [1.82, 2.24) is 10.2 Å². The van der Waals surface area contributed by atoms with Crippen LogP contribution in [0.5, 0.6) is 11.5 Å². The lowest BCUT2D eigenvalue weighted by Gasteiger charge is -2.28. The highest BCUT2D eigenvalue weighted by Gasteiger charge is 2.26. The van der Waals surface area contributed by atoms with Crippen molar-refractivity contribution in [3.05, 3.63) is 59.1 Å². The molecule has 2 aromatic rings. The quantitative estimate of drug-likeness (QED) is 0.752. The van der Waals surface area contributed by atoms with Gasteiger partial charge in [-0.1, -0.05) is 29.8 Å².